The van der Waals surface area contributed by atoms with E-state index in [-0.39, 0.29) is 6.54 Å². The monoisotopic (exact) mass is 348 g/mol. The highest BCUT2D eigenvalue weighted by atomic mass is 32.3. The van der Waals surface area contributed by atoms with Crippen LogP contribution in [0.2, 0.25) is 0 Å². The van der Waals surface area contributed by atoms with Crippen molar-refractivity contribution in [1.29, 1.82) is 0 Å². The SMILES string of the molecule is CC(=O)NNC(=O)C1CC2(CC2)C2CN1C(=O)N2OS(=O)(=O)O. The Hall–Kier alpha value is -1.92. The van der Waals surface area contributed by atoms with Gasteiger partial charge in [0.1, 0.15) is 6.04 Å². The molecule has 1 spiro atoms. The van der Waals surface area contributed by atoms with E-state index in [4.69, 9.17) is 4.55 Å². The summed E-state index contributed by atoms with van der Waals surface area (Å²) in [5, 5.41) is 0.633. The molecule has 3 fully saturated rings. The number of hydrazine groups is 1. The smallest absolute Gasteiger partial charge is 0.309 e. The molecule has 4 amide bonds. The number of hydrogen-bond donors (Lipinski definition) is 3. The summed E-state index contributed by atoms with van der Waals surface area (Å²) >= 11 is 0. The highest BCUT2D eigenvalue weighted by Gasteiger charge is 2.65. The van der Waals surface area contributed by atoms with Gasteiger partial charge in [-0.25, -0.2) is 4.79 Å². The summed E-state index contributed by atoms with van der Waals surface area (Å²) in [6.45, 7) is 1.34. The number of carbonyl (C=O) groups is 3. The van der Waals surface area contributed by atoms with Crippen molar-refractivity contribution in [3.05, 3.63) is 0 Å². The number of nitrogens with one attached hydrogen (secondary N) is 2. The lowest BCUT2D eigenvalue weighted by Crippen LogP contribution is -2.55. The normalized spacial score (nSPS) is 28.0. The molecular formula is C11H16N4O7S. The highest BCUT2D eigenvalue weighted by Crippen LogP contribution is 2.59. The molecule has 2 heterocycles. The second-order valence-corrected chi connectivity index (χ2v) is 7.04. The van der Waals surface area contributed by atoms with Gasteiger partial charge >= 0.3 is 16.4 Å². The highest BCUT2D eigenvalue weighted by molar-refractivity contribution is 7.80. The molecule has 3 aliphatic rings. The fourth-order valence-electron chi connectivity index (χ4n) is 3.28. The molecule has 12 heteroatoms. The molecule has 128 valence electrons. The van der Waals surface area contributed by atoms with Crippen LogP contribution in [0.4, 0.5) is 4.79 Å². The Morgan fingerprint density at radius 1 is 1.35 bits per heavy atom. The van der Waals surface area contributed by atoms with E-state index in [1.54, 1.807) is 0 Å². The second-order valence-electron chi connectivity index (χ2n) is 6.03. The first-order chi connectivity index (χ1) is 10.6. The summed E-state index contributed by atoms with van der Waals surface area (Å²) in [6, 6.07) is -2.19. The third-order valence-corrected chi connectivity index (χ3v) is 4.85. The molecule has 0 aromatic rings. The topological polar surface area (TPSA) is 145 Å². The van der Waals surface area contributed by atoms with Gasteiger partial charge in [0, 0.05) is 13.5 Å². The fourth-order valence-corrected chi connectivity index (χ4v) is 3.65. The van der Waals surface area contributed by atoms with Crippen molar-refractivity contribution in [2.75, 3.05) is 6.54 Å². The number of nitrogens with zero attached hydrogens (tertiary/aromatic N) is 2. The van der Waals surface area contributed by atoms with Crippen LogP contribution in [0.15, 0.2) is 0 Å². The van der Waals surface area contributed by atoms with Gasteiger partial charge in [-0.2, -0.15) is 13.5 Å². The maximum Gasteiger partial charge on any atom is 0.418 e. The summed E-state index contributed by atoms with van der Waals surface area (Å²) in [5.41, 5.74) is 3.97. The van der Waals surface area contributed by atoms with Gasteiger partial charge in [-0.1, -0.05) is 0 Å². The van der Waals surface area contributed by atoms with Gasteiger partial charge in [-0.15, -0.1) is 4.28 Å². The maximum absolute atomic E-state index is 12.3. The Labute approximate surface area is 131 Å². The maximum atomic E-state index is 12.3. The summed E-state index contributed by atoms with van der Waals surface area (Å²) in [5.74, 6) is -1.02. The summed E-state index contributed by atoms with van der Waals surface area (Å²) in [6.07, 6.45) is 1.77. The third kappa shape index (κ3) is 2.84. The van der Waals surface area contributed by atoms with E-state index in [1.165, 1.54) is 11.8 Å². The molecule has 2 aliphatic heterocycles. The Kier molecular flexibility index (Phi) is 3.50. The first kappa shape index (κ1) is 16.0. The van der Waals surface area contributed by atoms with Crippen molar-refractivity contribution in [3.8, 4) is 0 Å². The van der Waals surface area contributed by atoms with Crippen LogP contribution in [0, 0.1) is 5.41 Å². The number of urea groups is 1. The van der Waals surface area contributed by atoms with Gasteiger partial charge in [-0.3, -0.25) is 25.0 Å². The van der Waals surface area contributed by atoms with Gasteiger partial charge in [0.05, 0.1) is 6.04 Å². The van der Waals surface area contributed by atoms with Crippen molar-refractivity contribution in [2.24, 2.45) is 5.41 Å². The number of piperidine rings is 1. The van der Waals surface area contributed by atoms with Crippen molar-refractivity contribution < 1.29 is 31.6 Å². The van der Waals surface area contributed by atoms with Crippen LogP contribution in [0.5, 0.6) is 0 Å². The predicted molar refractivity (Wildman–Crippen MR) is 72.4 cm³/mol. The van der Waals surface area contributed by atoms with E-state index in [9.17, 15) is 22.8 Å². The van der Waals surface area contributed by atoms with E-state index < -0.39 is 45.7 Å². The lowest BCUT2D eigenvalue weighted by atomic mass is 9.85. The number of hydrogen-bond acceptors (Lipinski definition) is 6. The number of amides is 4. The van der Waals surface area contributed by atoms with E-state index in [0.717, 1.165) is 0 Å². The summed E-state index contributed by atoms with van der Waals surface area (Å²) in [7, 11) is -4.84. The van der Waals surface area contributed by atoms with E-state index in [2.05, 4.69) is 15.1 Å². The molecule has 0 aromatic heterocycles. The van der Waals surface area contributed by atoms with Crippen LogP contribution in [-0.4, -0.2) is 59.4 Å². The number of carbonyl (C=O) groups excluding carboxylic acids is 3. The molecule has 2 unspecified atom stereocenters. The van der Waals surface area contributed by atoms with Crippen LogP contribution in [-0.2, 0) is 24.3 Å². The number of rotatable bonds is 3. The Balaban J connectivity index is 1.81. The molecule has 23 heavy (non-hydrogen) atoms. The van der Waals surface area contributed by atoms with E-state index >= 15 is 0 Å². The molecule has 1 saturated carbocycles. The Morgan fingerprint density at radius 2 is 2.00 bits per heavy atom. The molecule has 3 N–H and O–H groups in total. The number of fused-ring (bicyclic) bond motifs is 3. The lowest BCUT2D eigenvalue weighted by molar-refractivity contribution is -0.132. The second kappa shape index (κ2) is 5.04. The largest absolute Gasteiger partial charge is 0.418 e. The molecular weight excluding hydrogens is 332 g/mol. The minimum atomic E-state index is -4.84. The summed E-state index contributed by atoms with van der Waals surface area (Å²) in [4.78, 5) is 36.6. The predicted octanol–water partition coefficient (Wildman–Crippen LogP) is -1.45. The van der Waals surface area contributed by atoms with Crippen LogP contribution in [0.3, 0.4) is 0 Å². The standard InChI is InChI=1S/C11H16N4O7S/c1-6(16)12-13-9(17)7-4-11(2-3-11)8-5-14(7)10(18)15(8)22-23(19,20)21/h7-8H,2-5H2,1H3,(H,12,16)(H,13,17)(H,19,20,21). The Bertz CT molecular complexity index is 674. The molecule has 2 atom stereocenters. The molecule has 2 bridgehead atoms. The third-order valence-electron chi connectivity index (χ3n) is 4.50. The molecule has 0 radical (unpaired) electrons. The molecule has 1 aliphatic carbocycles. The van der Waals surface area contributed by atoms with E-state index in [0.29, 0.717) is 24.3 Å². The van der Waals surface area contributed by atoms with Crippen molar-refractivity contribution in [2.45, 2.75) is 38.3 Å². The summed E-state index contributed by atoms with van der Waals surface area (Å²) < 4.78 is 35.1. The van der Waals surface area contributed by atoms with Crippen molar-refractivity contribution >= 4 is 28.2 Å². The van der Waals surface area contributed by atoms with Gasteiger partial charge < -0.3 is 4.90 Å². The van der Waals surface area contributed by atoms with Gasteiger partial charge in [0.2, 0.25) is 5.91 Å². The number of hydroxylamine groups is 2. The average molecular weight is 348 g/mol. The lowest BCUT2D eigenvalue weighted by Gasteiger charge is -2.35. The first-order valence-corrected chi connectivity index (χ1v) is 8.33. The van der Waals surface area contributed by atoms with Gasteiger partial charge in [0.15, 0.2) is 0 Å². The fraction of sp³-hybridized carbons (Fsp3) is 0.727. The minimum absolute atomic E-state index is 0.118. The van der Waals surface area contributed by atoms with Crippen LogP contribution in [0.1, 0.15) is 26.2 Å². The zero-order chi connectivity index (χ0) is 17.0. The zero-order valence-electron chi connectivity index (χ0n) is 12.2. The van der Waals surface area contributed by atoms with Gasteiger partial charge in [0.25, 0.3) is 5.91 Å². The molecule has 2 saturated heterocycles. The van der Waals surface area contributed by atoms with Crippen molar-refractivity contribution in [3.63, 3.8) is 0 Å². The van der Waals surface area contributed by atoms with Gasteiger partial charge in [-0.05, 0) is 24.7 Å². The Morgan fingerprint density at radius 3 is 2.52 bits per heavy atom. The average Bonchev–Trinajstić information content (AvgIpc) is 3.15. The quantitative estimate of drug-likeness (QED) is 0.418. The minimum Gasteiger partial charge on any atom is -0.309 e. The van der Waals surface area contributed by atoms with Crippen LogP contribution >= 0.6 is 0 Å². The molecule has 11 nitrogen and oxygen atoms in total. The van der Waals surface area contributed by atoms with Crippen molar-refractivity contribution in [1.82, 2.24) is 20.8 Å². The molecule has 0 aromatic carbocycles. The van der Waals surface area contributed by atoms with Crippen LogP contribution < -0.4 is 10.9 Å². The van der Waals surface area contributed by atoms with Crippen LogP contribution in [0.25, 0.3) is 0 Å². The first-order valence-electron chi connectivity index (χ1n) is 6.96. The molecule has 3 rings (SSSR count). The van der Waals surface area contributed by atoms with E-state index in [1.807, 2.05) is 0 Å². The zero-order valence-corrected chi connectivity index (χ0v) is 13.0.